The lowest BCUT2D eigenvalue weighted by Gasteiger charge is -2.38. The number of aryl methyl sites for hydroxylation is 1. The minimum Gasteiger partial charge on any atom is -0.382 e. The monoisotopic (exact) mass is 790 g/mol. The van der Waals surface area contributed by atoms with Crippen LogP contribution in [-0.2, 0) is 50.5 Å². The predicted molar refractivity (Wildman–Crippen MR) is 190 cm³/mol. The summed E-state index contributed by atoms with van der Waals surface area (Å²) >= 11 is 0.341. The summed E-state index contributed by atoms with van der Waals surface area (Å²) in [6, 6.07) is 1.95. The first kappa shape index (κ1) is 45.2. The van der Waals surface area contributed by atoms with E-state index in [0.29, 0.717) is 11.0 Å². The number of ether oxygens (including phenoxy) is 3. The minimum absolute atomic E-state index is 0.0146. The van der Waals surface area contributed by atoms with Gasteiger partial charge in [0.1, 0.15) is 18.3 Å². The standard InChI is InChI=1S/C29H53N4O13P3S/c1-11-41-48(36,42-12-2)50-49(37,43-13-3)46-23(9)24-25(45-47(40-16-14-15-30)33(20(4)5)21(6)7)26(39-18-17-38-10)28(44-24)32-19-22(8)27(34)31-29(32)35/h19-21,23-26,28H,11-14,16-18H2,1-10H3,(H,31,34,35)/t23-,24?,25+,26+,28+,47?,49?/m0/s1. The fourth-order valence-electron chi connectivity index (χ4n) is 5.02. The molecule has 0 radical (unpaired) electrons. The molecular weight excluding hydrogens is 737 g/mol. The number of rotatable bonds is 24. The number of nitriles is 1. The molecule has 2 rings (SSSR count). The second-order valence-corrected chi connectivity index (χ2v) is 20.4. The quantitative estimate of drug-likeness (QED) is 0.0958. The van der Waals surface area contributed by atoms with Crippen LogP contribution in [0.2, 0.25) is 0 Å². The Morgan fingerprint density at radius 1 is 1.00 bits per heavy atom. The molecular formula is C29H53N4O13P3S. The van der Waals surface area contributed by atoms with Crippen molar-refractivity contribution in [3.05, 3.63) is 32.6 Å². The van der Waals surface area contributed by atoms with Crippen molar-refractivity contribution in [2.24, 2.45) is 0 Å². The van der Waals surface area contributed by atoms with Gasteiger partial charge in [-0.3, -0.25) is 18.9 Å². The van der Waals surface area contributed by atoms with Crippen LogP contribution < -0.4 is 11.2 Å². The van der Waals surface area contributed by atoms with Gasteiger partial charge in [-0.25, -0.2) is 18.6 Å². The molecule has 1 aliphatic heterocycles. The molecule has 1 N–H and O–H groups in total. The van der Waals surface area contributed by atoms with Crippen LogP contribution in [0.4, 0.5) is 0 Å². The molecule has 3 unspecified atom stereocenters. The summed E-state index contributed by atoms with van der Waals surface area (Å²) in [5, 5.41) is 9.24. The molecule has 21 heteroatoms. The molecule has 1 aromatic heterocycles. The van der Waals surface area contributed by atoms with E-state index in [0.717, 1.165) is 0 Å². The average molecular weight is 791 g/mol. The number of aromatic nitrogens is 2. The number of aromatic amines is 1. The van der Waals surface area contributed by atoms with Crippen LogP contribution >= 0.6 is 33.1 Å². The van der Waals surface area contributed by atoms with Crippen molar-refractivity contribution >= 4 is 33.1 Å². The highest BCUT2D eigenvalue weighted by molar-refractivity contribution is 8.84. The van der Waals surface area contributed by atoms with E-state index < -0.39 is 64.0 Å². The summed E-state index contributed by atoms with van der Waals surface area (Å²) in [5.41, 5.74) is -1.09. The van der Waals surface area contributed by atoms with Crippen LogP contribution in [0.15, 0.2) is 15.8 Å². The van der Waals surface area contributed by atoms with Crippen molar-refractivity contribution in [2.45, 2.75) is 111 Å². The number of hydrogen-bond donors (Lipinski definition) is 1. The summed E-state index contributed by atoms with van der Waals surface area (Å²) in [5.74, 6) is 0. The van der Waals surface area contributed by atoms with Crippen LogP contribution in [0.5, 0.6) is 0 Å². The summed E-state index contributed by atoms with van der Waals surface area (Å²) in [6.45, 7) is 7.85. The van der Waals surface area contributed by atoms with Crippen molar-refractivity contribution in [1.29, 1.82) is 5.26 Å². The Balaban J connectivity index is 2.73. The lowest BCUT2D eigenvalue weighted by molar-refractivity contribution is -0.0877. The van der Waals surface area contributed by atoms with Crippen LogP contribution in [-0.4, -0.2) is 97.5 Å². The molecule has 288 valence electrons. The predicted octanol–water partition coefficient (Wildman–Crippen LogP) is 5.90. The molecule has 0 aliphatic carbocycles. The van der Waals surface area contributed by atoms with E-state index in [1.807, 2.05) is 32.4 Å². The van der Waals surface area contributed by atoms with E-state index in [-0.39, 0.29) is 63.7 Å². The summed E-state index contributed by atoms with van der Waals surface area (Å²) in [7, 11) is -0.395. The van der Waals surface area contributed by atoms with Gasteiger partial charge < -0.3 is 36.8 Å². The van der Waals surface area contributed by atoms with E-state index in [1.54, 1.807) is 27.7 Å². The third-order valence-corrected chi connectivity index (χ3v) is 17.8. The van der Waals surface area contributed by atoms with Crippen LogP contribution in [0.3, 0.4) is 0 Å². The van der Waals surface area contributed by atoms with Crippen molar-refractivity contribution in [3.8, 4) is 6.07 Å². The highest BCUT2D eigenvalue weighted by atomic mass is 33.1. The third-order valence-electron chi connectivity index (χ3n) is 6.94. The molecule has 50 heavy (non-hydrogen) atoms. The second kappa shape index (κ2) is 21.6. The maximum Gasteiger partial charge on any atom is 0.400 e. The molecule has 1 fully saturated rings. The Kier molecular flexibility index (Phi) is 19.6. The van der Waals surface area contributed by atoms with Crippen molar-refractivity contribution < 1.29 is 50.5 Å². The number of nitrogens with one attached hydrogen (secondary N) is 1. The molecule has 0 amide bonds. The Morgan fingerprint density at radius 3 is 2.14 bits per heavy atom. The summed E-state index contributed by atoms with van der Waals surface area (Å²) < 4.78 is 84.2. The number of methoxy groups -OCH3 is 1. The average Bonchev–Trinajstić information content (AvgIpc) is 3.36. The van der Waals surface area contributed by atoms with E-state index >= 15 is 0 Å². The zero-order chi connectivity index (χ0) is 37.6. The Bertz CT molecular complexity index is 1420. The fraction of sp³-hybridized carbons (Fsp3) is 0.828. The maximum atomic E-state index is 14.2. The lowest BCUT2D eigenvalue weighted by atomic mass is 10.1. The Labute approximate surface area is 299 Å². The molecule has 0 bridgehead atoms. The first-order chi connectivity index (χ1) is 23.6. The van der Waals surface area contributed by atoms with Crippen molar-refractivity contribution in [3.63, 3.8) is 0 Å². The van der Waals surface area contributed by atoms with Crippen molar-refractivity contribution in [1.82, 2.24) is 14.2 Å². The molecule has 17 nitrogen and oxygen atoms in total. The Hall–Kier alpha value is -0.990. The molecule has 0 aromatic carbocycles. The largest absolute Gasteiger partial charge is 0.400 e. The lowest BCUT2D eigenvalue weighted by Crippen LogP contribution is -2.44. The zero-order valence-electron chi connectivity index (χ0n) is 30.5. The van der Waals surface area contributed by atoms with Gasteiger partial charge in [-0.1, -0.05) is 0 Å². The van der Waals surface area contributed by atoms with E-state index in [4.69, 9.17) is 41.4 Å². The van der Waals surface area contributed by atoms with Gasteiger partial charge >= 0.3 is 19.3 Å². The molecule has 1 aromatic rings. The van der Waals surface area contributed by atoms with E-state index in [2.05, 4.69) is 11.1 Å². The van der Waals surface area contributed by atoms with Gasteiger partial charge in [-0.2, -0.15) is 5.26 Å². The van der Waals surface area contributed by atoms with Gasteiger partial charge in [-0.05, 0) is 62.3 Å². The molecule has 0 spiro atoms. The van der Waals surface area contributed by atoms with Gasteiger partial charge in [0, 0.05) is 31.0 Å². The number of hydrogen-bond acceptors (Lipinski definition) is 16. The maximum absolute atomic E-state index is 14.2. The topological polar surface area (TPSA) is 199 Å². The highest BCUT2D eigenvalue weighted by Crippen LogP contribution is 2.79. The SMILES string of the molecule is CCOP(=O)(OCC)SP(=O)(OCC)O[C@@H](C)C1O[C@@H](n2cc(C)c(=O)[nH]c2=O)[C@H](OCCOC)[C@@H]1OP(OCCC#N)N(C(C)C)C(C)C. The van der Waals surface area contributed by atoms with E-state index in [9.17, 15) is 24.0 Å². The van der Waals surface area contributed by atoms with Gasteiger partial charge in [-0.15, -0.1) is 0 Å². The van der Waals surface area contributed by atoms with E-state index in [1.165, 1.54) is 24.8 Å². The Morgan fingerprint density at radius 2 is 1.60 bits per heavy atom. The van der Waals surface area contributed by atoms with Gasteiger partial charge in [0.05, 0.1) is 69.2 Å². The summed E-state index contributed by atoms with van der Waals surface area (Å²) in [6.07, 6.45) is -4.07. The van der Waals surface area contributed by atoms with Crippen LogP contribution in [0.1, 0.15) is 73.6 Å². The van der Waals surface area contributed by atoms with Gasteiger partial charge in [0.25, 0.3) is 14.1 Å². The smallest absolute Gasteiger partial charge is 0.382 e. The van der Waals surface area contributed by atoms with Crippen molar-refractivity contribution in [2.75, 3.05) is 46.8 Å². The molecule has 2 heterocycles. The molecule has 7 atom stereocenters. The number of H-pyrrole nitrogens is 1. The highest BCUT2D eigenvalue weighted by Gasteiger charge is 2.54. The number of nitrogens with zero attached hydrogens (tertiary/aromatic N) is 3. The molecule has 1 saturated heterocycles. The summed E-state index contributed by atoms with van der Waals surface area (Å²) in [4.78, 5) is 27.8. The third kappa shape index (κ3) is 12.8. The zero-order valence-corrected chi connectivity index (χ0v) is 34.0. The molecule has 0 saturated carbocycles. The normalized spacial score (nSPS) is 22.2. The first-order valence-electron chi connectivity index (χ1n) is 16.5. The first-order valence-corrected chi connectivity index (χ1v) is 22.7. The van der Waals surface area contributed by atoms with Gasteiger partial charge in [0.15, 0.2) is 6.23 Å². The van der Waals surface area contributed by atoms with Crippen LogP contribution in [0.25, 0.3) is 0 Å². The van der Waals surface area contributed by atoms with Crippen LogP contribution in [0, 0.1) is 18.3 Å². The minimum atomic E-state index is -4.28. The van der Waals surface area contributed by atoms with Gasteiger partial charge in [0.2, 0.25) is 0 Å². The molecule has 1 aliphatic rings. The fourth-order valence-corrected chi connectivity index (χ4v) is 15.3. The second-order valence-electron chi connectivity index (χ2n) is 11.5.